The van der Waals surface area contributed by atoms with Crippen molar-refractivity contribution in [3.05, 3.63) is 0 Å². The molecule has 0 saturated carbocycles. The summed E-state index contributed by atoms with van der Waals surface area (Å²) in [6.07, 6.45) is 25.8. The van der Waals surface area contributed by atoms with Crippen molar-refractivity contribution in [2.75, 3.05) is 13.1 Å². The van der Waals surface area contributed by atoms with Gasteiger partial charge in [-0.1, -0.05) is 129 Å². The number of hydrogen-bond acceptors (Lipinski definition) is 2. The highest BCUT2D eigenvalue weighted by Crippen LogP contribution is 2.11. The maximum absolute atomic E-state index is 11.8. The van der Waals surface area contributed by atoms with Gasteiger partial charge in [-0.3, -0.25) is 9.59 Å². The summed E-state index contributed by atoms with van der Waals surface area (Å²) in [5.41, 5.74) is 0. The van der Waals surface area contributed by atoms with E-state index in [0.717, 1.165) is 12.8 Å². The molecular formula is C27H54N2O2. The Hall–Kier alpha value is -1.06. The van der Waals surface area contributed by atoms with Crippen molar-refractivity contribution in [3.63, 3.8) is 0 Å². The smallest absolute Gasteiger partial charge is 0.229 e. The largest absolute Gasteiger partial charge is 0.356 e. The van der Waals surface area contributed by atoms with Gasteiger partial charge in [0.15, 0.2) is 0 Å². The van der Waals surface area contributed by atoms with Gasteiger partial charge in [-0.05, 0) is 12.8 Å². The summed E-state index contributed by atoms with van der Waals surface area (Å²) < 4.78 is 0. The summed E-state index contributed by atoms with van der Waals surface area (Å²) in [7, 11) is 0. The molecule has 0 rings (SSSR count). The van der Waals surface area contributed by atoms with Crippen LogP contribution >= 0.6 is 0 Å². The van der Waals surface area contributed by atoms with Crippen molar-refractivity contribution in [2.24, 2.45) is 0 Å². The van der Waals surface area contributed by atoms with Crippen LogP contribution in [0.1, 0.15) is 149 Å². The van der Waals surface area contributed by atoms with Gasteiger partial charge in [-0.25, -0.2) is 0 Å². The van der Waals surface area contributed by atoms with Crippen LogP contribution in [0.15, 0.2) is 0 Å². The number of unbranched alkanes of at least 4 members (excludes halogenated alkanes) is 18. The molecule has 31 heavy (non-hydrogen) atoms. The molecule has 0 heterocycles. The Bertz CT molecular complexity index is 363. The summed E-state index contributed by atoms with van der Waals surface area (Å²) in [5, 5.41) is 5.76. The molecule has 0 aliphatic heterocycles. The summed E-state index contributed by atoms with van der Waals surface area (Å²) in [6.45, 7) is 5.90. The average molecular weight is 439 g/mol. The van der Waals surface area contributed by atoms with Crippen molar-refractivity contribution < 1.29 is 9.59 Å². The van der Waals surface area contributed by atoms with Crippen molar-refractivity contribution in [1.29, 1.82) is 0 Å². The minimum absolute atomic E-state index is 0.0322. The maximum Gasteiger partial charge on any atom is 0.229 e. The lowest BCUT2D eigenvalue weighted by atomic mass is 10.1. The van der Waals surface area contributed by atoms with Gasteiger partial charge in [0.1, 0.15) is 6.42 Å². The third-order valence-electron chi connectivity index (χ3n) is 6.03. The highest BCUT2D eigenvalue weighted by Gasteiger charge is 2.08. The fourth-order valence-corrected chi connectivity index (χ4v) is 3.95. The van der Waals surface area contributed by atoms with Crippen molar-refractivity contribution in [3.8, 4) is 0 Å². The second kappa shape index (κ2) is 25.2. The van der Waals surface area contributed by atoms with Gasteiger partial charge in [0, 0.05) is 13.1 Å². The van der Waals surface area contributed by atoms with Gasteiger partial charge in [0.2, 0.25) is 11.8 Å². The lowest BCUT2D eigenvalue weighted by Gasteiger charge is -2.07. The number of rotatable bonds is 24. The molecule has 0 aromatic carbocycles. The maximum atomic E-state index is 11.8. The number of amides is 2. The summed E-state index contributed by atoms with van der Waals surface area (Å²) in [4.78, 5) is 23.7. The van der Waals surface area contributed by atoms with Gasteiger partial charge in [0.25, 0.3) is 0 Å². The molecule has 0 atom stereocenters. The van der Waals surface area contributed by atoms with E-state index in [1.807, 2.05) is 0 Å². The summed E-state index contributed by atoms with van der Waals surface area (Å²) >= 11 is 0. The predicted octanol–water partition coefficient (Wildman–Crippen LogP) is 7.45. The molecule has 2 N–H and O–H groups in total. The minimum Gasteiger partial charge on any atom is -0.356 e. The molecule has 0 aromatic rings. The third-order valence-corrected chi connectivity index (χ3v) is 6.03. The summed E-state index contributed by atoms with van der Waals surface area (Å²) in [5.74, 6) is -0.284. The molecule has 0 aromatic heterocycles. The quantitative estimate of drug-likeness (QED) is 0.121. The summed E-state index contributed by atoms with van der Waals surface area (Å²) in [6, 6.07) is 0. The van der Waals surface area contributed by atoms with E-state index in [4.69, 9.17) is 0 Å². The second-order valence-corrected chi connectivity index (χ2v) is 9.24. The molecule has 0 bridgehead atoms. The lowest BCUT2D eigenvalue weighted by Crippen LogP contribution is -2.32. The van der Waals surface area contributed by atoms with Gasteiger partial charge >= 0.3 is 0 Å². The van der Waals surface area contributed by atoms with Crippen LogP contribution in [0.5, 0.6) is 0 Å². The predicted molar refractivity (Wildman–Crippen MR) is 134 cm³/mol. The zero-order chi connectivity index (χ0) is 22.8. The first kappa shape index (κ1) is 29.9. The monoisotopic (exact) mass is 438 g/mol. The zero-order valence-corrected chi connectivity index (χ0v) is 21.1. The molecule has 184 valence electrons. The van der Waals surface area contributed by atoms with Crippen molar-refractivity contribution >= 4 is 11.8 Å². The van der Waals surface area contributed by atoms with Crippen LogP contribution in [0, 0.1) is 0 Å². The molecule has 0 saturated heterocycles. The standard InChI is InChI=1S/C27H54N2O2/c1-3-5-7-9-11-13-15-17-19-21-23-28-26(30)25-27(31)29-24-22-20-18-16-14-12-10-8-6-4-2/h3-25H2,1-2H3,(H,28,30)(H,29,31). The molecule has 0 fully saturated rings. The van der Waals surface area contributed by atoms with Crippen LogP contribution < -0.4 is 10.6 Å². The van der Waals surface area contributed by atoms with E-state index in [-0.39, 0.29) is 18.2 Å². The van der Waals surface area contributed by atoms with E-state index in [2.05, 4.69) is 24.5 Å². The lowest BCUT2D eigenvalue weighted by molar-refractivity contribution is -0.129. The van der Waals surface area contributed by atoms with Crippen LogP contribution in [0.25, 0.3) is 0 Å². The van der Waals surface area contributed by atoms with E-state index in [9.17, 15) is 9.59 Å². The third kappa shape index (κ3) is 25.1. The molecule has 4 nitrogen and oxygen atoms in total. The Balaban J connectivity index is 3.31. The minimum atomic E-state index is -0.142. The zero-order valence-electron chi connectivity index (χ0n) is 21.1. The number of carbonyl (C=O) groups is 2. The number of nitrogens with one attached hydrogen (secondary N) is 2. The molecule has 4 heteroatoms. The average Bonchev–Trinajstić information content (AvgIpc) is 2.75. The van der Waals surface area contributed by atoms with E-state index < -0.39 is 0 Å². The normalized spacial score (nSPS) is 10.9. The Morgan fingerprint density at radius 2 is 0.677 bits per heavy atom. The van der Waals surface area contributed by atoms with Crippen LogP contribution in [0.4, 0.5) is 0 Å². The molecule has 0 radical (unpaired) electrons. The van der Waals surface area contributed by atoms with E-state index in [1.54, 1.807) is 0 Å². The van der Waals surface area contributed by atoms with Crippen molar-refractivity contribution in [2.45, 2.75) is 149 Å². The molecule has 2 amide bonds. The van der Waals surface area contributed by atoms with Gasteiger partial charge in [-0.15, -0.1) is 0 Å². The first-order chi connectivity index (χ1) is 15.2. The Morgan fingerprint density at radius 1 is 0.419 bits per heavy atom. The SMILES string of the molecule is CCCCCCCCCCCCNC(=O)CC(=O)NCCCCCCCCCCCC. The highest BCUT2D eigenvalue weighted by molar-refractivity contribution is 5.96. The van der Waals surface area contributed by atoms with Gasteiger partial charge in [-0.2, -0.15) is 0 Å². The van der Waals surface area contributed by atoms with E-state index in [1.165, 1.54) is 116 Å². The number of carbonyl (C=O) groups excluding carboxylic acids is 2. The Kier molecular flexibility index (Phi) is 24.3. The molecular weight excluding hydrogens is 384 g/mol. The second-order valence-electron chi connectivity index (χ2n) is 9.24. The fourth-order valence-electron chi connectivity index (χ4n) is 3.95. The van der Waals surface area contributed by atoms with Crippen molar-refractivity contribution in [1.82, 2.24) is 10.6 Å². The van der Waals surface area contributed by atoms with Crippen LogP contribution in [0.2, 0.25) is 0 Å². The molecule has 0 aliphatic carbocycles. The topological polar surface area (TPSA) is 58.2 Å². The van der Waals surface area contributed by atoms with Crippen LogP contribution in [-0.2, 0) is 9.59 Å². The van der Waals surface area contributed by atoms with Crippen LogP contribution in [0.3, 0.4) is 0 Å². The van der Waals surface area contributed by atoms with E-state index >= 15 is 0 Å². The highest BCUT2D eigenvalue weighted by atomic mass is 16.2. The Morgan fingerprint density at radius 3 is 0.968 bits per heavy atom. The first-order valence-corrected chi connectivity index (χ1v) is 13.7. The molecule has 0 spiro atoms. The number of hydrogen-bond donors (Lipinski definition) is 2. The van der Waals surface area contributed by atoms with Gasteiger partial charge in [0.05, 0.1) is 0 Å². The van der Waals surface area contributed by atoms with Crippen LogP contribution in [-0.4, -0.2) is 24.9 Å². The molecule has 0 unspecified atom stereocenters. The molecule has 0 aliphatic rings. The first-order valence-electron chi connectivity index (χ1n) is 13.7. The van der Waals surface area contributed by atoms with E-state index in [0.29, 0.717) is 13.1 Å². The van der Waals surface area contributed by atoms with Gasteiger partial charge < -0.3 is 10.6 Å². The Labute approximate surface area is 194 Å². The fraction of sp³-hybridized carbons (Fsp3) is 0.926.